The first-order valence-electron chi connectivity index (χ1n) is 4.45. The highest BCUT2D eigenvalue weighted by molar-refractivity contribution is 6.29. The van der Waals surface area contributed by atoms with Gasteiger partial charge in [-0.2, -0.15) is 0 Å². The highest BCUT2D eigenvalue weighted by atomic mass is 35.5. The Bertz CT molecular complexity index is 539. The van der Waals surface area contributed by atoms with Crippen LogP contribution in [-0.2, 0) is 0 Å². The number of aromatic nitrogens is 2. The number of nitrogens with one attached hydrogen (secondary N) is 1. The second kappa shape index (κ2) is 4.58. The zero-order chi connectivity index (χ0) is 12.4. The van der Waals surface area contributed by atoms with Crippen molar-refractivity contribution in [1.29, 1.82) is 0 Å². The summed E-state index contributed by atoms with van der Waals surface area (Å²) in [5.74, 6) is -3.84. The molecule has 0 bridgehead atoms. The fourth-order valence-electron chi connectivity index (χ4n) is 1.18. The van der Waals surface area contributed by atoms with Gasteiger partial charge in [-0.25, -0.2) is 23.1 Å². The lowest BCUT2D eigenvalue weighted by atomic mass is 10.3. The standard InChI is InChI=1S/C10H5ClF3N3/c11-8-3-9(16-4-15-8)17-5-1-6(12)10(14)7(13)2-5/h1-4H,(H,15,16,17). The van der Waals surface area contributed by atoms with Crippen LogP contribution >= 0.6 is 11.6 Å². The van der Waals surface area contributed by atoms with E-state index in [1.165, 1.54) is 12.4 Å². The number of hydrogen-bond donors (Lipinski definition) is 1. The van der Waals surface area contributed by atoms with E-state index in [2.05, 4.69) is 15.3 Å². The van der Waals surface area contributed by atoms with E-state index in [0.717, 1.165) is 12.1 Å². The van der Waals surface area contributed by atoms with Crippen LogP contribution in [-0.4, -0.2) is 9.97 Å². The number of nitrogens with zero attached hydrogens (tertiary/aromatic N) is 2. The van der Waals surface area contributed by atoms with E-state index >= 15 is 0 Å². The molecule has 0 aliphatic heterocycles. The first kappa shape index (κ1) is 11.7. The van der Waals surface area contributed by atoms with Gasteiger partial charge in [-0.3, -0.25) is 0 Å². The van der Waals surface area contributed by atoms with Gasteiger partial charge in [0.1, 0.15) is 17.3 Å². The maximum atomic E-state index is 12.9. The number of hydrogen-bond acceptors (Lipinski definition) is 3. The normalized spacial score (nSPS) is 10.4. The van der Waals surface area contributed by atoms with Crippen molar-refractivity contribution in [2.75, 3.05) is 5.32 Å². The summed E-state index contributed by atoms with van der Waals surface area (Å²) in [5.41, 5.74) is 0.0242. The third kappa shape index (κ3) is 2.65. The van der Waals surface area contributed by atoms with E-state index < -0.39 is 17.5 Å². The Hall–Kier alpha value is -1.82. The molecule has 0 saturated heterocycles. The van der Waals surface area contributed by atoms with E-state index in [0.29, 0.717) is 0 Å². The van der Waals surface area contributed by atoms with Crippen molar-refractivity contribution in [1.82, 2.24) is 9.97 Å². The minimum absolute atomic E-state index is 0.0242. The van der Waals surface area contributed by atoms with Gasteiger partial charge >= 0.3 is 0 Å². The molecular weight excluding hydrogens is 255 g/mol. The molecule has 0 spiro atoms. The molecule has 3 nitrogen and oxygen atoms in total. The van der Waals surface area contributed by atoms with Crippen molar-refractivity contribution in [3.63, 3.8) is 0 Å². The number of benzene rings is 1. The van der Waals surface area contributed by atoms with Crippen molar-refractivity contribution in [2.45, 2.75) is 0 Å². The summed E-state index contributed by atoms with van der Waals surface area (Å²) in [6.45, 7) is 0. The molecule has 0 aliphatic carbocycles. The molecule has 1 aromatic heterocycles. The lowest BCUT2D eigenvalue weighted by molar-refractivity contribution is 0.448. The van der Waals surface area contributed by atoms with Crippen LogP contribution in [0.2, 0.25) is 5.15 Å². The Morgan fingerprint density at radius 3 is 2.24 bits per heavy atom. The van der Waals surface area contributed by atoms with E-state index in [4.69, 9.17) is 11.6 Å². The second-order valence-electron chi connectivity index (χ2n) is 3.10. The fraction of sp³-hybridized carbons (Fsp3) is 0. The Kier molecular flexibility index (Phi) is 3.14. The predicted octanol–water partition coefficient (Wildman–Crippen LogP) is 3.29. The number of rotatable bonds is 2. The fourth-order valence-corrected chi connectivity index (χ4v) is 1.32. The van der Waals surface area contributed by atoms with Crippen LogP contribution in [0.1, 0.15) is 0 Å². The van der Waals surface area contributed by atoms with Crippen LogP contribution < -0.4 is 5.32 Å². The van der Waals surface area contributed by atoms with E-state index in [-0.39, 0.29) is 16.7 Å². The summed E-state index contributed by atoms with van der Waals surface area (Å²) in [5, 5.41) is 2.74. The first-order chi connectivity index (χ1) is 8.06. The van der Waals surface area contributed by atoms with Gasteiger partial charge in [0.05, 0.1) is 0 Å². The Morgan fingerprint density at radius 1 is 1.00 bits per heavy atom. The molecule has 0 fully saturated rings. The van der Waals surface area contributed by atoms with Crippen molar-refractivity contribution in [2.24, 2.45) is 0 Å². The van der Waals surface area contributed by atoms with Gasteiger partial charge in [0, 0.05) is 23.9 Å². The first-order valence-corrected chi connectivity index (χ1v) is 4.83. The van der Waals surface area contributed by atoms with Crippen molar-refractivity contribution < 1.29 is 13.2 Å². The molecule has 17 heavy (non-hydrogen) atoms. The maximum Gasteiger partial charge on any atom is 0.194 e. The van der Waals surface area contributed by atoms with Crippen molar-refractivity contribution in [3.8, 4) is 0 Å². The molecule has 0 atom stereocenters. The molecule has 0 amide bonds. The van der Waals surface area contributed by atoms with Crippen molar-refractivity contribution in [3.05, 3.63) is 47.1 Å². The summed E-state index contributed by atoms with van der Waals surface area (Å²) >= 11 is 5.60. The van der Waals surface area contributed by atoms with Crippen LogP contribution in [0.5, 0.6) is 0 Å². The van der Waals surface area contributed by atoms with Gasteiger partial charge < -0.3 is 5.32 Å². The molecule has 2 aromatic rings. The average molecular weight is 260 g/mol. The Labute approximate surface area is 99.3 Å². The molecule has 2 rings (SSSR count). The van der Waals surface area contributed by atoms with Gasteiger partial charge in [0.2, 0.25) is 0 Å². The molecule has 1 heterocycles. The van der Waals surface area contributed by atoms with Gasteiger partial charge in [-0.1, -0.05) is 11.6 Å². The molecule has 0 unspecified atom stereocenters. The lowest BCUT2D eigenvalue weighted by Gasteiger charge is -2.06. The van der Waals surface area contributed by atoms with Gasteiger partial charge in [-0.05, 0) is 0 Å². The summed E-state index contributed by atoms with van der Waals surface area (Å²) < 4.78 is 38.5. The third-order valence-electron chi connectivity index (χ3n) is 1.89. The SMILES string of the molecule is Fc1cc(Nc2cc(Cl)ncn2)cc(F)c1F. The largest absolute Gasteiger partial charge is 0.340 e. The molecule has 1 N–H and O–H groups in total. The summed E-state index contributed by atoms with van der Waals surface area (Å²) in [4.78, 5) is 7.41. The zero-order valence-corrected chi connectivity index (χ0v) is 8.97. The second-order valence-corrected chi connectivity index (χ2v) is 3.49. The topological polar surface area (TPSA) is 37.8 Å². The molecule has 1 aromatic carbocycles. The minimum Gasteiger partial charge on any atom is -0.340 e. The van der Waals surface area contributed by atoms with Gasteiger partial charge in [0.15, 0.2) is 17.5 Å². The van der Waals surface area contributed by atoms with E-state index in [1.807, 2.05) is 0 Å². The number of anilines is 2. The van der Waals surface area contributed by atoms with Gasteiger partial charge in [0.25, 0.3) is 0 Å². The molecule has 7 heteroatoms. The lowest BCUT2D eigenvalue weighted by Crippen LogP contribution is -1.98. The predicted molar refractivity (Wildman–Crippen MR) is 56.6 cm³/mol. The molecular formula is C10H5ClF3N3. The summed E-state index contributed by atoms with van der Waals surface area (Å²) in [6, 6.07) is 2.99. The quantitative estimate of drug-likeness (QED) is 0.664. The highest BCUT2D eigenvalue weighted by Crippen LogP contribution is 2.21. The van der Waals surface area contributed by atoms with E-state index in [1.54, 1.807) is 0 Å². The van der Waals surface area contributed by atoms with Crippen LogP contribution in [0.4, 0.5) is 24.7 Å². The summed E-state index contributed by atoms with van der Waals surface area (Å²) in [6.07, 6.45) is 1.18. The van der Waals surface area contributed by atoms with Crippen LogP contribution in [0.25, 0.3) is 0 Å². The Balaban J connectivity index is 2.31. The number of halogens is 4. The van der Waals surface area contributed by atoms with E-state index in [9.17, 15) is 13.2 Å². The zero-order valence-electron chi connectivity index (χ0n) is 8.22. The minimum atomic E-state index is -1.52. The highest BCUT2D eigenvalue weighted by Gasteiger charge is 2.10. The monoisotopic (exact) mass is 259 g/mol. The molecule has 0 radical (unpaired) electrons. The molecule has 0 aliphatic rings. The van der Waals surface area contributed by atoms with Gasteiger partial charge in [-0.15, -0.1) is 0 Å². The Morgan fingerprint density at radius 2 is 1.65 bits per heavy atom. The third-order valence-corrected chi connectivity index (χ3v) is 2.10. The average Bonchev–Trinajstić information content (AvgIpc) is 2.26. The van der Waals surface area contributed by atoms with Crippen LogP contribution in [0.3, 0.4) is 0 Å². The molecule has 0 saturated carbocycles. The van der Waals surface area contributed by atoms with Crippen LogP contribution in [0, 0.1) is 17.5 Å². The summed E-state index contributed by atoms with van der Waals surface area (Å²) in [7, 11) is 0. The smallest absolute Gasteiger partial charge is 0.194 e. The van der Waals surface area contributed by atoms with Crippen molar-refractivity contribution >= 4 is 23.1 Å². The maximum absolute atomic E-state index is 12.9. The van der Waals surface area contributed by atoms with Crippen LogP contribution in [0.15, 0.2) is 24.5 Å². The molecule has 88 valence electrons.